The van der Waals surface area contributed by atoms with E-state index in [2.05, 4.69) is 9.97 Å². The van der Waals surface area contributed by atoms with Gasteiger partial charge in [-0.1, -0.05) is 0 Å². The molecule has 0 aliphatic rings. The molecule has 3 rings (SSSR count). The topological polar surface area (TPSA) is 124 Å². The molecular weight excluding hydrogens is 282 g/mol. The number of fused-ring (bicyclic) bond motifs is 1. The van der Waals surface area contributed by atoms with Crippen molar-refractivity contribution in [2.24, 2.45) is 5.73 Å². The molecule has 0 saturated heterocycles. The first kappa shape index (κ1) is 14.0. The molecular formula is C15H15N5O2. The molecule has 0 fully saturated rings. The predicted octanol–water partition coefficient (Wildman–Crippen LogP) is 2.22. The molecule has 0 aliphatic carbocycles. The van der Waals surface area contributed by atoms with Gasteiger partial charge in [0.15, 0.2) is 0 Å². The Bertz CT molecular complexity index is 839. The van der Waals surface area contributed by atoms with E-state index in [0.717, 1.165) is 11.1 Å². The number of benzene rings is 2. The maximum absolute atomic E-state index is 11.2. The van der Waals surface area contributed by atoms with E-state index in [0.29, 0.717) is 35.6 Å². The summed E-state index contributed by atoms with van der Waals surface area (Å²) in [5, 5.41) is 11.2. The van der Waals surface area contributed by atoms with Crippen LogP contribution in [0.5, 0.6) is 0 Å². The Morgan fingerprint density at radius 1 is 1.18 bits per heavy atom. The van der Waals surface area contributed by atoms with Crippen molar-refractivity contribution in [3.63, 3.8) is 0 Å². The summed E-state index contributed by atoms with van der Waals surface area (Å²) in [6.45, 7) is 0.323. The van der Waals surface area contributed by atoms with Crippen molar-refractivity contribution in [1.82, 2.24) is 9.97 Å². The number of aromatic amines is 1. The van der Waals surface area contributed by atoms with Gasteiger partial charge in [-0.15, -0.1) is 0 Å². The molecule has 0 radical (unpaired) electrons. The SMILES string of the molecule is NCCc1c([N+](=O)[O-])ccc2[nH]c(-c3ccc(N)cc3)nc12. The van der Waals surface area contributed by atoms with Gasteiger partial charge in [0.05, 0.1) is 21.5 Å². The first-order chi connectivity index (χ1) is 10.6. The number of hydrogen-bond donors (Lipinski definition) is 3. The van der Waals surface area contributed by atoms with Crippen LogP contribution in [-0.2, 0) is 6.42 Å². The fraction of sp³-hybridized carbons (Fsp3) is 0.133. The van der Waals surface area contributed by atoms with Crippen molar-refractivity contribution in [2.45, 2.75) is 6.42 Å². The highest BCUT2D eigenvalue weighted by molar-refractivity contribution is 5.85. The van der Waals surface area contributed by atoms with Crippen molar-refractivity contribution in [2.75, 3.05) is 12.3 Å². The Labute approximate surface area is 126 Å². The van der Waals surface area contributed by atoms with Crippen molar-refractivity contribution in [1.29, 1.82) is 0 Å². The van der Waals surface area contributed by atoms with Crippen LogP contribution in [-0.4, -0.2) is 21.4 Å². The van der Waals surface area contributed by atoms with Crippen LogP contribution in [0.1, 0.15) is 5.56 Å². The molecule has 0 amide bonds. The smallest absolute Gasteiger partial charge is 0.274 e. The average molecular weight is 297 g/mol. The second-order valence-corrected chi connectivity index (χ2v) is 4.96. The zero-order chi connectivity index (χ0) is 15.7. The predicted molar refractivity (Wildman–Crippen MR) is 85.4 cm³/mol. The number of imidazole rings is 1. The number of nitrogens with one attached hydrogen (secondary N) is 1. The molecule has 0 spiro atoms. The maximum atomic E-state index is 11.2. The zero-order valence-electron chi connectivity index (χ0n) is 11.7. The summed E-state index contributed by atoms with van der Waals surface area (Å²) >= 11 is 0. The van der Waals surface area contributed by atoms with Gasteiger partial charge in [-0.05, 0) is 43.3 Å². The Balaban J connectivity index is 2.18. The Morgan fingerprint density at radius 3 is 2.55 bits per heavy atom. The summed E-state index contributed by atoms with van der Waals surface area (Å²) in [6.07, 6.45) is 0.402. The summed E-state index contributed by atoms with van der Waals surface area (Å²) < 4.78 is 0. The fourth-order valence-electron chi connectivity index (χ4n) is 2.46. The summed E-state index contributed by atoms with van der Waals surface area (Å²) in [7, 11) is 0. The van der Waals surface area contributed by atoms with Gasteiger partial charge in [-0.25, -0.2) is 4.98 Å². The van der Waals surface area contributed by atoms with Crippen LogP contribution in [0.2, 0.25) is 0 Å². The van der Waals surface area contributed by atoms with Gasteiger partial charge < -0.3 is 16.5 Å². The monoisotopic (exact) mass is 297 g/mol. The van der Waals surface area contributed by atoms with Gasteiger partial charge in [0.1, 0.15) is 5.82 Å². The van der Waals surface area contributed by atoms with E-state index in [1.54, 1.807) is 18.2 Å². The number of nitro groups is 1. The largest absolute Gasteiger partial charge is 0.399 e. The quantitative estimate of drug-likeness (QED) is 0.387. The highest BCUT2D eigenvalue weighted by Crippen LogP contribution is 2.29. The van der Waals surface area contributed by atoms with E-state index >= 15 is 0 Å². The van der Waals surface area contributed by atoms with Crippen LogP contribution < -0.4 is 11.5 Å². The Morgan fingerprint density at radius 2 is 1.91 bits per heavy atom. The Hall–Kier alpha value is -2.93. The van der Waals surface area contributed by atoms with E-state index in [1.165, 1.54) is 6.07 Å². The van der Waals surface area contributed by atoms with Crippen molar-refractivity contribution in [3.8, 4) is 11.4 Å². The van der Waals surface area contributed by atoms with E-state index in [-0.39, 0.29) is 5.69 Å². The van der Waals surface area contributed by atoms with Crippen LogP contribution in [0.3, 0.4) is 0 Å². The molecule has 112 valence electrons. The summed E-state index contributed by atoms with van der Waals surface area (Å²) in [5.74, 6) is 0.647. The number of nitrogens with two attached hydrogens (primary N) is 2. The molecule has 2 aromatic carbocycles. The van der Waals surface area contributed by atoms with Gasteiger partial charge in [-0.3, -0.25) is 10.1 Å². The standard InChI is InChI=1S/C15H15N5O2/c16-8-7-11-13(20(21)22)6-5-12-14(11)19-15(18-12)9-1-3-10(17)4-2-9/h1-6H,7-8,16-17H2,(H,18,19). The van der Waals surface area contributed by atoms with Crippen LogP contribution in [0.4, 0.5) is 11.4 Å². The molecule has 7 nitrogen and oxygen atoms in total. The van der Waals surface area contributed by atoms with E-state index < -0.39 is 4.92 Å². The molecule has 3 aromatic rings. The van der Waals surface area contributed by atoms with Gasteiger partial charge >= 0.3 is 0 Å². The first-order valence-electron chi connectivity index (χ1n) is 6.82. The normalized spacial score (nSPS) is 11.0. The van der Waals surface area contributed by atoms with Crippen LogP contribution in [0.15, 0.2) is 36.4 Å². The van der Waals surface area contributed by atoms with Gasteiger partial charge in [0, 0.05) is 17.3 Å². The minimum atomic E-state index is -0.401. The number of aromatic nitrogens is 2. The van der Waals surface area contributed by atoms with Crippen LogP contribution in [0, 0.1) is 10.1 Å². The number of nitro benzene ring substituents is 1. The summed E-state index contributed by atoms with van der Waals surface area (Å²) in [5.41, 5.74) is 14.7. The Kier molecular flexibility index (Phi) is 3.48. The third-order valence-corrected chi connectivity index (χ3v) is 3.51. The molecule has 22 heavy (non-hydrogen) atoms. The zero-order valence-corrected chi connectivity index (χ0v) is 11.7. The van der Waals surface area contributed by atoms with Crippen molar-refractivity contribution >= 4 is 22.4 Å². The molecule has 0 unspecified atom stereocenters. The fourth-order valence-corrected chi connectivity index (χ4v) is 2.46. The first-order valence-corrected chi connectivity index (χ1v) is 6.82. The molecule has 1 aromatic heterocycles. The second kappa shape index (κ2) is 5.45. The molecule has 0 saturated carbocycles. The average Bonchev–Trinajstić information content (AvgIpc) is 2.92. The number of rotatable bonds is 4. The minimum Gasteiger partial charge on any atom is -0.399 e. The third kappa shape index (κ3) is 2.38. The molecule has 7 heteroatoms. The summed E-state index contributed by atoms with van der Waals surface area (Å²) in [4.78, 5) is 18.5. The lowest BCUT2D eigenvalue weighted by atomic mass is 10.1. The molecule has 0 atom stereocenters. The number of anilines is 1. The molecule has 5 N–H and O–H groups in total. The highest BCUT2D eigenvalue weighted by Gasteiger charge is 2.19. The van der Waals surface area contributed by atoms with Gasteiger partial charge in [-0.2, -0.15) is 0 Å². The molecule has 0 bridgehead atoms. The summed E-state index contributed by atoms with van der Waals surface area (Å²) in [6, 6.07) is 10.4. The number of nitrogen functional groups attached to an aromatic ring is 1. The second-order valence-electron chi connectivity index (χ2n) is 4.96. The van der Waals surface area contributed by atoms with Crippen LogP contribution in [0.25, 0.3) is 22.4 Å². The maximum Gasteiger partial charge on any atom is 0.274 e. The molecule has 0 aliphatic heterocycles. The molecule has 1 heterocycles. The van der Waals surface area contributed by atoms with E-state index in [1.807, 2.05) is 12.1 Å². The number of H-pyrrole nitrogens is 1. The van der Waals surface area contributed by atoms with Crippen LogP contribution >= 0.6 is 0 Å². The van der Waals surface area contributed by atoms with Gasteiger partial charge in [0.2, 0.25) is 0 Å². The van der Waals surface area contributed by atoms with Crippen molar-refractivity contribution in [3.05, 3.63) is 52.1 Å². The minimum absolute atomic E-state index is 0.0494. The number of nitrogens with zero attached hydrogens (tertiary/aromatic N) is 2. The van der Waals surface area contributed by atoms with Gasteiger partial charge in [0.25, 0.3) is 5.69 Å². The highest BCUT2D eigenvalue weighted by atomic mass is 16.6. The third-order valence-electron chi connectivity index (χ3n) is 3.51. The van der Waals surface area contributed by atoms with E-state index in [9.17, 15) is 10.1 Å². The lowest BCUT2D eigenvalue weighted by Gasteiger charge is -2.01. The number of hydrogen-bond acceptors (Lipinski definition) is 5. The van der Waals surface area contributed by atoms with Crippen molar-refractivity contribution < 1.29 is 4.92 Å². The lowest BCUT2D eigenvalue weighted by molar-refractivity contribution is -0.385. The lowest BCUT2D eigenvalue weighted by Crippen LogP contribution is -2.06. The van der Waals surface area contributed by atoms with E-state index in [4.69, 9.17) is 11.5 Å².